The first-order valence-electron chi connectivity index (χ1n) is 9.39. The van der Waals surface area contributed by atoms with Crippen LogP contribution in [0.5, 0.6) is 0 Å². The molecule has 1 aromatic carbocycles. The molecule has 0 unspecified atom stereocenters. The number of alkyl halides is 3. The molecule has 0 aliphatic heterocycles. The maximum absolute atomic E-state index is 12.4. The monoisotopic (exact) mass is 529 g/mol. The molecule has 2 N–H and O–H groups in total. The Labute approximate surface area is 187 Å². The van der Waals surface area contributed by atoms with Gasteiger partial charge >= 0.3 is 6.18 Å². The van der Waals surface area contributed by atoms with Crippen LogP contribution in [0, 0.1) is 0 Å². The molecule has 0 saturated carbocycles. The summed E-state index contributed by atoms with van der Waals surface area (Å²) in [6.07, 6.45) is -3.57. The Kier molecular flexibility index (Phi) is 13.4. The smallest absolute Gasteiger partial charge is 0.372 e. The number of amides is 1. The van der Waals surface area contributed by atoms with Crippen molar-refractivity contribution in [3.63, 3.8) is 0 Å². The standard InChI is InChI=1S/C19H30F3N5O.HI/c1-4-23-18(25-14-17(28)26(3)15-19(20,21)22)24-12-9-13-27(5-2)16-10-7-6-8-11-16;/h6-8,10-11H,4-5,9,12-15H2,1-3H3,(H2,23,24,25);1H. The first kappa shape index (κ1) is 27.3. The highest BCUT2D eigenvalue weighted by Crippen LogP contribution is 2.15. The fourth-order valence-electron chi connectivity index (χ4n) is 2.55. The number of nitrogens with one attached hydrogen (secondary N) is 2. The van der Waals surface area contributed by atoms with Crippen LogP contribution < -0.4 is 15.5 Å². The van der Waals surface area contributed by atoms with Gasteiger partial charge in [-0.1, -0.05) is 18.2 Å². The molecule has 0 aliphatic rings. The number of aliphatic imine (C=N–C) groups is 1. The molecule has 0 saturated heterocycles. The fourth-order valence-corrected chi connectivity index (χ4v) is 2.55. The third kappa shape index (κ3) is 11.8. The lowest BCUT2D eigenvalue weighted by Crippen LogP contribution is -2.41. The summed E-state index contributed by atoms with van der Waals surface area (Å²) < 4.78 is 37.1. The van der Waals surface area contributed by atoms with E-state index in [4.69, 9.17) is 0 Å². The molecule has 10 heteroatoms. The molecule has 0 aliphatic carbocycles. The third-order valence-corrected chi connectivity index (χ3v) is 3.96. The molecule has 1 amide bonds. The summed E-state index contributed by atoms with van der Waals surface area (Å²) in [4.78, 5) is 18.8. The predicted octanol–water partition coefficient (Wildman–Crippen LogP) is 3.10. The first-order chi connectivity index (χ1) is 13.3. The summed E-state index contributed by atoms with van der Waals surface area (Å²) in [7, 11) is 1.12. The third-order valence-electron chi connectivity index (χ3n) is 3.96. The molecule has 166 valence electrons. The average Bonchev–Trinajstić information content (AvgIpc) is 2.65. The van der Waals surface area contributed by atoms with E-state index in [1.54, 1.807) is 0 Å². The molecule has 6 nitrogen and oxygen atoms in total. The number of rotatable bonds is 10. The van der Waals surface area contributed by atoms with E-state index in [0.717, 1.165) is 32.2 Å². The minimum Gasteiger partial charge on any atom is -0.372 e. The molecule has 1 aromatic rings. The highest BCUT2D eigenvalue weighted by Gasteiger charge is 2.31. The van der Waals surface area contributed by atoms with Crippen LogP contribution in [0.1, 0.15) is 20.3 Å². The number of benzene rings is 1. The number of para-hydroxylation sites is 1. The second kappa shape index (κ2) is 14.3. The van der Waals surface area contributed by atoms with Crippen molar-refractivity contribution in [3.8, 4) is 0 Å². The van der Waals surface area contributed by atoms with Crippen LogP contribution in [0.4, 0.5) is 18.9 Å². The Bertz CT molecular complexity index is 614. The van der Waals surface area contributed by atoms with E-state index in [2.05, 4.69) is 39.6 Å². The van der Waals surface area contributed by atoms with Gasteiger partial charge in [-0.3, -0.25) is 4.79 Å². The molecule has 0 fully saturated rings. The van der Waals surface area contributed by atoms with Crippen molar-refractivity contribution in [1.82, 2.24) is 15.5 Å². The molecule has 0 aromatic heterocycles. The molecule has 0 spiro atoms. The van der Waals surface area contributed by atoms with Gasteiger partial charge in [0.2, 0.25) is 5.91 Å². The maximum atomic E-state index is 12.4. The van der Waals surface area contributed by atoms with Crippen molar-refractivity contribution in [2.24, 2.45) is 4.99 Å². The first-order valence-corrected chi connectivity index (χ1v) is 9.39. The van der Waals surface area contributed by atoms with Crippen molar-refractivity contribution in [1.29, 1.82) is 0 Å². The number of anilines is 1. The van der Waals surface area contributed by atoms with Crippen LogP contribution in [0.15, 0.2) is 35.3 Å². The van der Waals surface area contributed by atoms with Crippen LogP contribution >= 0.6 is 24.0 Å². The zero-order chi connectivity index (χ0) is 21.0. The Hall–Kier alpha value is -1.72. The number of hydrogen-bond donors (Lipinski definition) is 2. The highest BCUT2D eigenvalue weighted by atomic mass is 127. The van der Waals surface area contributed by atoms with E-state index in [9.17, 15) is 18.0 Å². The predicted molar refractivity (Wildman–Crippen MR) is 122 cm³/mol. The van der Waals surface area contributed by atoms with Crippen LogP contribution in [-0.2, 0) is 4.79 Å². The maximum Gasteiger partial charge on any atom is 0.406 e. The van der Waals surface area contributed by atoms with Gasteiger partial charge in [0.05, 0.1) is 0 Å². The van der Waals surface area contributed by atoms with E-state index in [0.29, 0.717) is 23.9 Å². The second-order valence-electron chi connectivity index (χ2n) is 6.26. The van der Waals surface area contributed by atoms with Crippen LogP contribution in [0.3, 0.4) is 0 Å². The normalized spacial score (nSPS) is 11.4. The fraction of sp³-hybridized carbons (Fsp3) is 0.579. The molecule has 0 radical (unpaired) electrons. The van der Waals surface area contributed by atoms with Crippen molar-refractivity contribution in [2.75, 3.05) is 51.2 Å². The molecule has 29 heavy (non-hydrogen) atoms. The summed E-state index contributed by atoms with van der Waals surface area (Å²) >= 11 is 0. The number of guanidine groups is 1. The van der Waals surface area contributed by atoms with E-state index in [1.165, 1.54) is 0 Å². The van der Waals surface area contributed by atoms with Crippen molar-refractivity contribution >= 4 is 41.5 Å². The highest BCUT2D eigenvalue weighted by molar-refractivity contribution is 14.0. The van der Waals surface area contributed by atoms with Crippen molar-refractivity contribution in [3.05, 3.63) is 30.3 Å². The van der Waals surface area contributed by atoms with Gasteiger partial charge < -0.3 is 20.4 Å². The minimum atomic E-state index is -4.42. The number of nitrogens with zero attached hydrogens (tertiary/aromatic N) is 3. The number of likely N-dealkylation sites (N-methyl/N-ethyl adjacent to an activating group) is 1. The largest absolute Gasteiger partial charge is 0.406 e. The van der Waals surface area contributed by atoms with Crippen LogP contribution in [0.2, 0.25) is 0 Å². The summed E-state index contributed by atoms with van der Waals surface area (Å²) in [5, 5.41) is 6.10. The molecule has 0 bridgehead atoms. The van der Waals surface area contributed by atoms with Gasteiger partial charge in [0.25, 0.3) is 0 Å². The lowest BCUT2D eigenvalue weighted by atomic mass is 10.2. The van der Waals surface area contributed by atoms with Crippen LogP contribution in [0.25, 0.3) is 0 Å². The van der Waals surface area contributed by atoms with E-state index in [1.807, 2.05) is 25.1 Å². The minimum absolute atomic E-state index is 0. The van der Waals surface area contributed by atoms with Gasteiger partial charge in [0.15, 0.2) is 5.96 Å². The van der Waals surface area contributed by atoms with E-state index >= 15 is 0 Å². The summed E-state index contributed by atoms with van der Waals surface area (Å²) in [5.41, 5.74) is 1.16. The van der Waals surface area contributed by atoms with Gasteiger partial charge in [0.1, 0.15) is 13.1 Å². The number of hydrogen-bond acceptors (Lipinski definition) is 3. The zero-order valence-electron chi connectivity index (χ0n) is 17.1. The van der Waals surface area contributed by atoms with Gasteiger partial charge in [0, 0.05) is 38.9 Å². The number of carbonyl (C=O) groups is 1. The zero-order valence-corrected chi connectivity index (χ0v) is 19.5. The Balaban J connectivity index is 0.00000784. The van der Waals surface area contributed by atoms with Crippen molar-refractivity contribution < 1.29 is 18.0 Å². The SMILES string of the molecule is CCNC(=NCC(=O)N(C)CC(F)(F)F)NCCCN(CC)c1ccccc1.I. The number of halogens is 4. The summed E-state index contributed by atoms with van der Waals surface area (Å²) in [6, 6.07) is 10.1. The van der Waals surface area contributed by atoms with E-state index in [-0.39, 0.29) is 30.5 Å². The second-order valence-corrected chi connectivity index (χ2v) is 6.26. The molecule has 0 heterocycles. The summed E-state index contributed by atoms with van der Waals surface area (Å²) in [5.74, 6) is -0.269. The van der Waals surface area contributed by atoms with E-state index < -0.39 is 18.6 Å². The molecular weight excluding hydrogens is 498 g/mol. The van der Waals surface area contributed by atoms with Gasteiger partial charge in [-0.25, -0.2) is 4.99 Å². The van der Waals surface area contributed by atoms with Gasteiger partial charge in [-0.2, -0.15) is 13.2 Å². The Morgan fingerprint density at radius 2 is 1.79 bits per heavy atom. The van der Waals surface area contributed by atoms with Gasteiger partial charge in [-0.05, 0) is 32.4 Å². The average molecular weight is 529 g/mol. The molecule has 1 rings (SSSR count). The lowest BCUT2D eigenvalue weighted by Gasteiger charge is -2.23. The topological polar surface area (TPSA) is 60.0 Å². The summed E-state index contributed by atoms with van der Waals surface area (Å²) in [6.45, 7) is 5.30. The van der Waals surface area contributed by atoms with Gasteiger partial charge in [-0.15, -0.1) is 24.0 Å². The van der Waals surface area contributed by atoms with Crippen molar-refractivity contribution in [2.45, 2.75) is 26.4 Å². The Morgan fingerprint density at radius 3 is 2.34 bits per heavy atom. The quantitative estimate of drug-likeness (QED) is 0.212. The Morgan fingerprint density at radius 1 is 1.14 bits per heavy atom. The van der Waals surface area contributed by atoms with Crippen LogP contribution in [-0.4, -0.2) is 69.3 Å². The number of carbonyl (C=O) groups excluding carboxylic acids is 1. The molecule has 0 atom stereocenters. The molecular formula is C19H31F3IN5O. The lowest BCUT2D eigenvalue weighted by molar-refractivity contribution is -0.157.